The molecule has 0 bridgehead atoms. The Labute approximate surface area is 94.6 Å². The molecule has 0 fully saturated rings. The number of sulfone groups is 1. The van der Waals surface area contributed by atoms with Crippen LogP contribution in [0.3, 0.4) is 0 Å². The van der Waals surface area contributed by atoms with Gasteiger partial charge in [0.2, 0.25) is 0 Å². The van der Waals surface area contributed by atoms with Gasteiger partial charge in [-0.25, -0.2) is 8.42 Å². The van der Waals surface area contributed by atoms with Crippen molar-refractivity contribution >= 4 is 9.84 Å². The Kier molecular flexibility index (Phi) is 5.81. The molecule has 0 aliphatic carbocycles. The van der Waals surface area contributed by atoms with Crippen LogP contribution in [0.15, 0.2) is 0 Å². The molecule has 0 spiro atoms. The van der Waals surface area contributed by atoms with Crippen molar-refractivity contribution in [3.8, 4) is 0 Å². The first kappa shape index (κ1) is 14.9. The maximum atomic E-state index is 11.7. The molecular weight excluding hydrogens is 210 g/mol. The fourth-order valence-corrected chi connectivity index (χ4v) is 2.41. The number of hydrogen-bond acceptors (Lipinski definition) is 3. The summed E-state index contributed by atoms with van der Waals surface area (Å²) in [5.74, 6) is 0.242. The summed E-state index contributed by atoms with van der Waals surface area (Å²) in [6.07, 6.45) is 1.69. The maximum Gasteiger partial charge on any atom is 0.154 e. The van der Waals surface area contributed by atoms with E-state index in [2.05, 4.69) is 26.1 Å². The average molecular weight is 235 g/mol. The molecule has 0 saturated carbocycles. The lowest BCUT2D eigenvalue weighted by Gasteiger charge is -2.24. The Bertz CT molecular complexity index is 270. The van der Waals surface area contributed by atoms with Crippen LogP contribution in [0.25, 0.3) is 0 Å². The van der Waals surface area contributed by atoms with Crippen LogP contribution in [0, 0.1) is 0 Å². The Hall–Kier alpha value is -0.0900. The predicted molar refractivity (Wildman–Crippen MR) is 65.9 cm³/mol. The highest BCUT2D eigenvalue weighted by molar-refractivity contribution is 7.92. The molecule has 0 aromatic heterocycles. The van der Waals surface area contributed by atoms with Gasteiger partial charge in [-0.3, -0.25) is 0 Å². The normalized spacial score (nSPS) is 15.3. The standard InChI is InChI=1S/C11H25NO2S/c1-6-10(3)15(13,14)9-8-12-11(4,5)7-2/h10,12H,6-9H2,1-5H3. The lowest BCUT2D eigenvalue weighted by atomic mass is 10.0. The van der Waals surface area contributed by atoms with E-state index in [1.807, 2.05) is 6.92 Å². The van der Waals surface area contributed by atoms with Crippen molar-refractivity contribution in [2.75, 3.05) is 12.3 Å². The number of nitrogens with one attached hydrogen (secondary N) is 1. The first-order valence-corrected chi connectivity index (χ1v) is 7.43. The highest BCUT2D eigenvalue weighted by atomic mass is 32.2. The maximum absolute atomic E-state index is 11.7. The third kappa shape index (κ3) is 5.52. The zero-order chi connectivity index (χ0) is 12.1. The zero-order valence-corrected chi connectivity index (χ0v) is 11.4. The second kappa shape index (κ2) is 5.85. The minimum Gasteiger partial charge on any atom is -0.311 e. The van der Waals surface area contributed by atoms with Gasteiger partial charge in [0, 0.05) is 12.1 Å². The number of rotatable bonds is 7. The van der Waals surface area contributed by atoms with Crippen LogP contribution in [0.1, 0.15) is 47.5 Å². The summed E-state index contributed by atoms with van der Waals surface area (Å²) >= 11 is 0. The van der Waals surface area contributed by atoms with Crippen molar-refractivity contribution in [2.24, 2.45) is 0 Å². The molecule has 0 aliphatic rings. The van der Waals surface area contributed by atoms with E-state index in [1.54, 1.807) is 6.92 Å². The van der Waals surface area contributed by atoms with Crippen LogP contribution in [0.5, 0.6) is 0 Å². The first-order chi connectivity index (χ1) is 6.75. The lowest BCUT2D eigenvalue weighted by Crippen LogP contribution is -2.41. The number of hydrogen-bond donors (Lipinski definition) is 1. The van der Waals surface area contributed by atoms with Crippen molar-refractivity contribution in [3.05, 3.63) is 0 Å². The van der Waals surface area contributed by atoms with Crippen molar-refractivity contribution in [1.29, 1.82) is 0 Å². The van der Waals surface area contributed by atoms with E-state index in [9.17, 15) is 8.42 Å². The molecule has 15 heavy (non-hydrogen) atoms. The molecule has 0 aromatic carbocycles. The van der Waals surface area contributed by atoms with Crippen molar-refractivity contribution in [1.82, 2.24) is 5.32 Å². The van der Waals surface area contributed by atoms with E-state index >= 15 is 0 Å². The zero-order valence-electron chi connectivity index (χ0n) is 10.6. The van der Waals surface area contributed by atoms with E-state index in [1.165, 1.54) is 0 Å². The van der Waals surface area contributed by atoms with Gasteiger partial charge in [0.25, 0.3) is 0 Å². The van der Waals surface area contributed by atoms with Crippen molar-refractivity contribution in [3.63, 3.8) is 0 Å². The molecule has 0 saturated heterocycles. The molecule has 0 radical (unpaired) electrons. The molecule has 0 aromatic rings. The van der Waals surface area contributed by atoms with Crippen LogP contribution >= 0.6 is 0 Å². The van der Waals surface area contributed by atoms with E-state index in [4.69, 9.17) is 0 Å². The highest BCUT2D eigenvalue weighted by Gasteiger charge is 2.20. The van der Waals surface area contributed by atoms with Gasteiger partial charge in [-0.1, -0.05) is 13.8 Å². The molecule has 1 N–H and O–H groups in total. The van der Waals surface area contributed by atoms with Gasteiger partial charge in [0.05, 0.1) is 11.0 Å². The van der Waals surface area contributed by atoms with E-state index in [0.717, 1.165) is 6.42 Å². The summed E-state index contributed by atoms with van der Waals surface area (Å²) in [6, 6.07) is 0. The Balaban J connectivity index is 4.07. The summed E-state index contributed by atoms with van der Waals surface area (Å²) in [5.41, 5.74) is 0.0327. The molecule has 0 rings (SSSR count). The van der Waals surface area contributed by atoms with E-state index in [-0.39, 0.29) is 16.5 Å². The topological polar surface area (TPSA) is 46.2 Å². The summed E-state index contributed by atoms with van der Waals surface area (Å²) in [5, 5.41) is 3.05. The molecule has 1 unspecified atom stereocenters. The van der Waals surface area contributed by atoms with Crippen LogP contribution in [0.2, 0.25) is 0 Å². The lowest BCUT2D eigenvalue weighted by molar-refractivity contribution is 0.386. The average Bonchev–Trinajstić information content (AvgIpc) is 2.16. The summed E-state index contributed by atoms with van der Waals surface area (Å²) in [4.78, 5) is 0. The van der Waals surface area contributed by atoms with Crippen LogP contribution in [-0.4, -0.2) is 31.5 Å². The van der Waals surface area contributed by atoms with Crippen LogP contribution in [-0.2, 0) is 9.84 Å². The largest absolute Gasteiger partial charge is 0.311 e. The second-order valence-corrected chi connectivity index (χ2v) is 7.29. The smallest absolute Gasteiger partial charge is 0.154 e. The monoisotopic (exact) mass is 235 g/mol. The van der Waals surface area contributed by atoms with Gasteiger partial charge >= 0.3 is 0 Å². The SMILES string of the molecule is CCC(C)S(=O)(=O)CCNC(C)(C)CC. The van der Waals surface area contributed by atoms with Gasteiger partial charge in [0.15, 0.2) is 9.84 Å². The summed E-state index contributed by atoms with van der Waals surface area (Å²) in [6.45, 7) is 10.5. The minimum absolute atomic E-state index is 0.0327. The molecule has 0 amide bonds. The van der Waals surface area contributed by atoms with Crippen molar-refractivity contribution in [2.45, 2.75) is 58.2 Å². The predicted octanol–water partition coefficient (Wildman–Crippen LogP) is 1.98. The molecule has 0 aliphatic heterocycles. The quantitative estimate of drug-likeness (QED) is 0.734. The second-order valence-electron chi connectivity index (χ2n) is 4.75. The fourth-order valence-electron chi connectivity index (χ4n) is 1.11. The molecule has 0 heterocycles. The third-order valence-corrected chi connectivity index (χ3v) is 5.39. The van der Waals surface area contributed by atoms with Gasteiger partial charge in [-0.15, -0.1) is 0 Å². The van der Waals surface area contributed by atoms with Gasteiger partial charge < -0.3 is 5.32 Å². The first-order valence-electron chi connectivity index (χ1n) is 5.71. The molecule has 3 nitrogen and oxygen atoms in total. The fraction of sp³-hybridized carbons (Fsp3) is 1.00. The third-order valence-electron chi connectivity index (χ3n) is 3.06. The molecule has 4 heteroatoms. The van der Waals surface area contributed by atoms with E-state index in [0.29, 0.717) is 13.0 Å². The molecular formula is C11H25NO2S. The van der Waals surface area contributed by atoms with Crippen LogP contribution < -0.4 is 5.32 Å². The Morgan fingerprint density at radius 3 is 2.20 bits per heavy atom. The van der Waals surface area contributed by atoms with Gasteiger partial charge in [0.1, 0.15) is 0 Å². The summed E-state index contributed by atoms with van der Waals surface area (Å²) < 4.78 is 23.4. The Morgan fingerprint density at radius 1 is 1.27 bits per heavy atom. The minimum atomic E-state index is -2.90. The van der Waals surface area contributed by atoms with Crippen LogP contribution in [0.4, 0.5) is 0 Å². The van der Waals surface area contributed by atoms with Gasteiger partial charge in [-0.05, 0) is 33.6 Å². The molecule has 1 atom stereocenters. The highest BCUT2D eigenvalue weighted by Crippen LogP contribution is 2.08. The van der Waals surface area contributed by atoms with E-state index < -0.39 is 9.84 Å². The Morgan fingerprint density at radius 2 is 1.80 bits per heavy atom. The summed E-state index contributed by atoms with van der Waals surface area (Å²) in [7, 11) is -2.90. The van der Waals surface area contributed by atoms with Gasteiger partial charge in [-0.2, -0.15) is 0 Å². The van der Waals surface area contributed by atoms with Crippen molar-refractivity contribution < 1.29 is 8.42 Å². The molecule has 92 valence electrons.